The molecule has 0 unspecified atom stereocenters. The van der Waals surface area contributed by atoms with Gasteiger partial charge < -0.3 is 4.90 Å². The summed E-state index contributed by atoms with van der Waals surface area (Å²) < 4.78 is 0. The minimum Gasteiger partial charge on any atom is -0.357 e. The molecule has 0 N–H and O–H groups in total. The number of aryl methyl sites for hydroxylation is 1. The first-order valence-corrected chi connectivity index (χ1v) is 9.82. The van der Waals surface area contributed by atoms with Gasteiger partial charge in [0.25, 0.3) is 0 Å². The average molecular weight is 335 g/mol. The van der Waals surface area contributed by atoms with Crippen LogP contribution in [0.25, 0.3) is 0 Å². The van der Waals surface area contributed by atoms with Gasteiger partial charge in [-0.05, 0) is 62.8 Å². The Kier molecular flexibility index (Phi) is 5.02. The molecule has 3 heteroatoms. The van der Waals surface area contributed by atoms with Crippen molar-refractivity contribution in [3.8, 4) is 0 Å². The van der Waals surface area contributed by atoms with Crippen molar-refractivity contribution in [2.75, 3.05) is 24.5 Å². The van der Waals surface area contributed by atoms with Gasteiger partial charge in [0.1, 0.15) is 5.82 Å². The fourth-order valence-corrected chi connectivity index (χ4v) is 4.40. The Morgan fingerprint density at radius 1 is 0.920 bits per heavy atom. The predicted octanol–water partition coefficient (Wildman–Crippen LogP) is 4.72. The van der Waals surface area contributed by atoms with Crippen molar-refractivity contribution < 1.29 is 0 Å². The number of aromatic nitrogens is 1. The first-order valence-electron chi connectivity index (χ1n) is 9.82. The van der Waals surface area contributed by atoms with Gasteiger partial charge in [-0.15, -0.1) is 0 Å². The van der Waals surface area contributed by atoms with E-state index in [0.29, 0.717) is 6.04 Å². The second kappa shape index (κ2) is 7.57. The summed E-state index contributed by atoms with van der Waals surface area (Å²) in [6, 6.07) is 16.0. The van der Waals surface area contributed by atoms with Gasteiger partial charge in [-0.25, -0.2) is 4.98 Å². The van der Waals surface area contributed by atoms with E-state index in [1.54, 1.807) is 0 Å². The number of benzene rings is 1. The number of likely N-dealkylation sites (tertiary alicyclic amines) is 1. The maximum absolute atomic E-state index is 4.98. The summed E-state index contributed by atoms with van der Waals surface area (Å²) in [4.78, 5) is 10.1. The number of pyridine rings is 1. The van der Waals surface area contributed by atoms with Crippen molar-refractivity contribution in [3.63, 3.8) is 0 Å². The molecule has 132 valence electrons. The number of anilines is 1. The lowest BCUT2D eigenvalue weighted by Gasteiger charge is -2.30. The molecule has 0 radical (unpaired) electrons. The Bertz CT molecular complexity index is 692. The molecule has 0 spiro atoms. The summed E-state index contributed by atoms with van der Waals surface area (Å²) in [6.45, 7) is 6.75. The quantitative estimate of drug-likeness (QED) is 0.806. The van der Waals surface area contributed by atoms with Crippen LogP contribution in [-0.2, 0) is 6.54 Å². The van der Waals surface area contributed by atoms with Crippen LogP contribution >= 0.6 is 0 Å². The van der Waals surface area contributed by atoms with Crippen LogP contribution < -0.4 is 4.90 Å². The number of piperidine rings is 1. The van der Waals surface area contributed by atoms with Gasteiger partial charge in [0, 0.05) is 31.4 Å². The van der Waals surface area contributed by atoms with E-state index < -0.39 is 0 Å². The van der Waals surface area contributed by atoms with Gasteiger partial charge in [-0.3, -0.25) is 4.90 Å². The molecule has 25 heavy (non-hydrogen) atoms. The van der Waals surface area contributed by atoms with Gasteiger partial charge in [0.2, 0.25) is 0 Å². The zero-order valence-corrected chi connectivity index (χ0v) is 15.3. The number of nitrogens with zero attached hydrogens (tertiary/aromatic N) is 3. The molecule has 3 heterocycles. The topological polar surface area (TPSA) is 19.4 Å². The highest BCUT2D eigenvalue weighted by molar-refractivity contribution is 5.43. The van der Waals surface area contributed by atoms with E-state index >= 15 is 0 Å². The predicted molar refractivity (Wildman–Crippen MR) is 104 cm³/mol. The summed E-state index contributed by atoms with van der Waals surface area (Å²) in [5, 5.41) is 0. The molecule has 4 rings (SSSR count). The maximum Gasteiger partial charge on any atom is 0.128 e. The van der Waals surface area contributed by atoms with Crippen molar-refractivity contribution in [3.05, 3.63) is 59.3 Å². The molecule has 2 aliphatic rings. The summed E-state index contributed by atoms with van der Waals surface area (Å²) in [6.07, 6.45) is 6.50. The molecular weight excluding hydrogens is 306 g/mol. The van der Waals surface area contributed by atoms with E-state index in [1.165, 1.54) is 61.3 Å². The highest BCUT2D eigenvalue weighted by atomic mass is 15.2. The number of hydrogen-bond donors (Lipinski definition) is 0. The lowest BCUT2D eigenvalue weighted by Crippen LogP contribution is -2.30. The second-order valence-corrected chi connectivity index (χ2v) is 7.51. The third-order valence-electron chi connectivity index (χ3n) is 5.74. The van der Waals surface area contributed by atoms with Crippen LogP contribution in [0.2, 0.25) is 0 Å². The third kappa shape index (κ3) is 3.72. The van der Waals surface area contributed by atoms with Gasteiger partial charge in [0.05, 0.1) is 0 Å². The fraction of sp³-hybridized carbons (Fsp3) is 0.500. The zero-order valence-electron chi connectivity index (χ0n) is 15.3. The largest absolute Gasteiger partial charge is 0.357 e. The van der Waals surface area contributed by atoms with E-state index in [4.69, 9.17) is 4.98 Å². The highest BCUT2D eigenvalue weighted by Gasteiger charge is 2.28. The molecule has 1 aromatic carbocycles. The molecule has 2 saturated heterocycles. The molecule has 3 nitrogen and oxygen atoms in total. The SMILES string of the molecule is Cc1nc(N2CCCCC2)ccc1[C@@H]1CCCN1Cc1ccccc1. The molecule has 2 aromatic rings. The smallest absolute Gasteiger partial charge is 0.128 e. The van der Waals surface area contributed by atoms with E-state index in [-0.39, 0.29) is 0 Å². The van der Waals surface area contributed by atoms with Gasteiger partial charge in [-0.2, -0.15) is 0 Å². The normalized spacial score (nSPS) is 21.6. The van der Waals surface area contributed by atoms with Crippen LogP contribution in [0.5, 0.6) is 0 Å². The molecule has 0 saturated carbocycles. The van der Waals surface area contributed by atoms with Crippen molar-refractivity contribution >= 4 is 5.82 Å². The molecule has 2 aliphatic heterocycles. The van der Waals surface area contributed by atoms with E-state index in [2.05, 4.69) is 59.2 Å². The van der Waals surface area contributed by atoms with E-state index in [1.807, 2.05) is 0 Å². The molecule has 1 aromatic heterocycles. The zero-order chi connectivity index (χ0) is 17.1. The Hall–Kier alpha value is -1.87. The van der Waals surface area contributed by atoms with Gasteiger partial charge >= 0.3 is 0 Å². The second-order valence-electron chi connectivity index (χ2n) is 7.51. The van der Waals surface area contributed by atoms with Crippen LogP contribution in [-0.4, -0.2) is 29.5 Å². The lowest BCUT2D eigenvalue weighted by atomic mass is 10.0. The molecule has 0 aliphatic carbocycles. The molecular formula is C22H29N3. The van der Waals surface area contributed by atoms with E-state index in [0.717, 1.165) is 19.6 Å². The monoisotopic (exact) mass is 335 g/mol. The van der Waals surface area contributed by atoms with Gasteiger partial charge in [0.15, 0.2) is 0 Å². The lowest BCUT2D eigenvalue weighted by molar-refractivity contribution is 0.247. The van der Waals surface area contributed by atoms with Crippen molar-refractivity contribution in [2.45, 2.75) is 51.6 Å². The van der Waals surface area contributed by atoms with Crippen molar-refractivity contribution in [1.29, 1.82) is 0 Å². The van der Waals surface area contributed by atoms with Crippen LogP contribution in [0.3, 0.4) is 0 Å². The standard InChI is InChI=1S/C22H29N3/c1-18-20(12-13-22(23-18)24-14-6-3-7-15-24)21-11-8-16-25(21)17-19-9-4-2-5-10-19/h2,4-5,9-10,12-13,21H,3,6-8,11,14-17H2,1H3/t21-/m0/s1. The summed E-state index contributed by atoms with van der Waals surface area (Å²) in [7, 11) is 0. The summed E-state index contributed by atoms with van der Waals surface area (Å²) in [5.41, 5.74) is 4.05. The molecule has 2 fully saturated rings. The third-order valence-corrected chi connectivity index (χ3v) is 5.74. The minimum absolute atomic E-state index is 0.517. The van der Waals surface area contributed by atoms with Crippen LogP contribution in [0, 0.1) is 6.92 Å². The fourth-order valence-electron chi connectivity index (χ4n) is 4.40. The highest BCUT2D eigenvalue weighted by Crippen LogP contribution is 2.35. The average Bonchev–Trinajstić information content (AvgIpc) is 3.11. The number of hydrogen-bond acceptors (Lipinski definition) is 3. The maximum atomic E-state index is 4.98. The van der Waals surface area contributed by atoms with Crippen LogP contribution in [0.4, 0.5) is 5.82 Å². The Morgan fingerprint density at radius 2 is 1.72 bits per heavy atom. The minimum atomic E-state index is 0.517. The Balaban J connectivity index is 1.51. The van der Waals surface area contributed by atoms with Crippen molar-refractivity contribution in [1.82, 2.24) is 9.88 Å². The first kappa shape index (κ1) is 16.6. The van der Waals surface area contributed by atoms with E-state index in [9.17, 15) is 0 Å². The van der Waals surface area contributed by atoms with Crippen LogP contribution in [0.15, 0.2) is 42.5 Å². The number of rotatable bonds is 4. The Morgan fingerprint density at radius 3 is 2.48 bits per heavy atom. The van der Waals surface area contributed by atoms with Gasteiger partial charge in [-0.1, -0.05) is 36.4 Å². The molecule has 0 amide bonds. The summed E-state index contributed by atoms with van der Waals surface area (Å²) in [5.74, 6) is 1.17. The summed E-state index contributed by atoms with van der Waals surface area (Å²) >= 11 is 0. The Labute approximate surface area is 151 Å². The van der Waals surface area contributed by atoms with Crippen LogP contribution in [0.1, 0.15) is 55.0 Å². The first-order chi connectivity index (χ1) is 12.3. The molecule has 0 bridgehead atoms. The van der Waals surface area contributed by atoms with Crippen molar-refractivity contribution in [2.24, 2.45) is 0 Å². The molecule has 1 atom stereocenters.